The first-order valence-electron chi connectivity index (χ1n) is 8.62. The number of nitrogens with one attached hydrogen (secondary N) is 1. The molecule has 0 radical (unpaired) electrons. The number of hydrogen-bond acceptors (Lipinski definition) is 4. The number of carbonyl (C=O) groups is 1. The van der Waals surface area contributed by atoms with Crippen LogP contribution in [0.3, 0.4) is 0 Å². The van der Waals surface area contributed by atoms with Gasteiger partial charge in [-0.25, -0.2) is 4.79 Å². The Kier molecular flexibility index (Phi) is 6.85. The van der Waals surface area contributed by atoms with Crippen LogP contribution in [0.2, 0.25) is 0 Å². The van der Waals surface area contributed by atoms with Crippen molar-refractivity contribution in [2.24, 2.45) is 0 Å². The van der Waals surface area contributed by atoms with Crippen molar-refractivity contribution >= 4 is 16.9 Å². The molecule has 0 atom stereocenters. The van der Waals surface area contributed by atoms with Crippen molar-refractivity contribution in [3.63, 3.8) is 0 Å². The van der Waals surface area contributed by atoms with E-state index in [1.165, 1.54) is 43.9 Å². The van der Waals surface area contributed by atoms with Crippen LogP contribution in [0, 0.1) is 0 Å². The van der Waals surface area contributed by atoms with E-state index in [9.17, 15) is 14.7 Å². The maximum absolute atomic E-state index is 12.1. The normalized spacial score (nSPS) is 10.9. The zero-order valence-electron chi connectivity index (χ0n) is 14.1. The van der Waals surface area contributed by atoms with Gasteiger partial charge in [-0.05, 0) is 24.1 Å². The highest BCUT2D eigenvalue weighted by atomic mass is 16.4. The Morgan fingerprint density at radius 3 is 2.67 bits per heavy atom. The maximum Gasteiger partial charge on any atom is 0.336 e. The van der Waals surface area contributed by atoms with Gasteiger partial charge in [-0.1, -0.05) is 39.0 Å². The van der Waals surface area contributed by atoms with Crippen molar-refractivity contribution in [3.05, 3.63) is 40.2 Å². The summed E-state index contributed by atoms with van der Waals surface area (Å²) in [6.07, 6.45) is 7.18. The molecule has 2 rings (SSSR count). The molecule has 5 heteroatoms. The van der Waals surface area contributed by atoms with E-state index in [0.29, 0.717) is 23.1 Å². The fraction of sp³-hybridized carbons (Fsp3) is 0.474. The van der Waals surface area contributed by atoms with Crippen LogP contribution in [0.25, 0.3) is 11.0 Å². The smallest absolute Gasteiger partial charge is 0.336 e. The second kappa shape index (κ2) is 9.11. The Morgan fingerprint density at radius 2 is 1.88 bits per heavy atom. The molecule has 0 saturated heterocycles. The Morgan fingerprint density at radius 1 is 1.12 bits per heavy atom. The molecule has 1 aromatic carbocycles. The summed E-state index contributed by atoms with van der Waals surface area (Å²) in [5.41, 5.74) is 0.384. The minimum atomic E-state index is -0.521. The molecule has 0 fully saturated rings. The lowest BCUT2D eigenvalue weighted by Gasteiger charge is -2.07. The zero-order valence-corrected chi connectivity index (χ0v) is 14.1. The molecule has 2 N–H and O–H groups in total. The van der Waals surface area contributed by atoms with Crippen LogP contribution in [0.5, 0.6) is 5.75 Å². The summed E-state index contributed by atoms with van der Waals surface area (Å²) in [5.74, 6) is -0.0844. The van der Waals surface area contributed by atoms with Gasteiger partial charge in [0.15, 0.2) is 0 Å². The summed E-state index contributed by atoms with van der Waals surface area (Å²) in [6.45, 7) is 2.85. The number of rotatable bonds is 9. The molecule has 1 heterocycles. The molecule has 1 aromatic heterocycles. The van der Waals surface area contributed by atoms with E-state index in [1.54, 1.807) is 6.07 Å². The van der Waals surface area contributed by atoms with E-state index in [1.807, 2.05) is 0 Å². The molecule has 0 aliphatic rings. The maximum atomic E-state index is 12.1. The second-order valence-electron chi connectivity index (χ2n) is 6.07. The lowest BCUT2D eigenvalue weighted by molar-refractivity contribution is -0.120. The molecule has 24 heavy (non-hydrogen) atoms. The Labute approximate surface area is 141 Å². The standard InChI is InChI=1S/C19H25NO4/c1-2-3-4-5-6-7-10-20-18(22)11-14-12-19(23)24-17-13-15(21)8-9-16(14)17/h8-9,12-13,21H,2-7,10-11H2,1H3,(H,20,22). The third kappa shape index (κ3) is 5.41. The molecule has 0 aliphatic carbocycles. The van der Waals surface area contributed by atoms with E-state index in [4.69, 9.17) is 4.42 Å². The lowest BCUT2D eigenvalue weighted by Crippen LogP contribution is -2.26. The molecular weight excluding hydrogens is 306 g/mol. The first-order valence-corrected chi connectivity index (χ1v) is 8.62. The van der Waals surface area contributed by atoms with E-state index in [-0.39, 0.29) is 18.1 Å². The minimum Gasteiger partial charge on any atom is -0.508 e. The minimum absolute atomic E-state index is 0.0234. The van der Waals surface area contributed by atoms with Gasteiger partial charge in [0.2, 0.25) is 5.91 Å². The zero-order chi connectivity index (χ0) is 17.4. The van der Waals surface area contributed by atoms with Crippen molar-refractivity contribution < 1.29 is 14.3 Å². The van der Waals surface area contributed by atoms with E-state index >= 15 is 0 Å². The topological polar surface area (TPSA) is 79.5 Å². The third-order valence-electron chi connectivity index (χ3n) is 4.02. The molecule has 1 amide bonds. The lowest BCUT2D eigenvalue weighted by atomic mass is 10.1. The van der Waals surface area contributed by atoms with Crippen LogP contribution in [0.4, 0.5) is 0 Å². The molecule has 0 spiro atoms. The van der Waals surface area contributed by atoms with Crippen LogP contribution in [-0.4, -0.2) is 17.6 Å². The summed E-state index contributed by atoms with van der Waals surface area (Å²) in [6, 6.07) is 5.89. The molecule has 0 saturated carbocycles. The van der Waals surface area contributed by atoms with Gasteiger partial charge >= 0.3 is 5.63 Å². The Hall–Kier alpha value is -2.30. The Bertz CT molecular complexity index is 736. The predicted molar refractivity (Wildman–Crippen MR) is 94.2 cm³/mol. The summed E-state index contributed by atoms with van der Waals surface area (Å²) >= 11 is 0. The third-order valence-corrected chi connectivity index (χ3v) is 4.02. The number of hydrogen-bond donors (Lipinski definition) is 2. The van der Waals surface area contributed by atoms with Crippen molar-refractivity contribution in [1.82, 2.24) is 5.32 Å². The SMILES string of the molecule is CCCCCCCCNC(=O)Cc1cc(=O)oc2cc(O)ccc12. The van der Waals surface area contributed by atoms with Gasteiger partial charge in [0.05, 0.1) is 6.42 Å². The number of unbranched alkanes of at least 4 members (excludes halogenated alkanes) is 5. The molecule has 0 bridgehead atoms. The van der Waals surface area contributed by atoms with Crippen LogP contribution >= 0.6 is 0 Å². The van der Waals surface area contributed by atoms with E-state index in [2.05, 4.69) is 12.2 Å². The van der Waals surface area contributed by atoms with E-state index < -0.39 is 5.63 Å². The van der Waals surface area contributed by atoms with Crippen molar-refractivity contribution in [1.29, 1.82) is 0 Å². The van der Waals surface area contributed by atoms with Gasteiger partial charge in [0, 0.05) is 24.1 Å². The number of phenolic OH excluding ortho intramolecular Hbond substituents is 1. The summed E-state index contributed by atoms with van der Waals surface area (Å²) in [4.78, 5) is 23.7. The monoisotopic (exact) mass is 331 g/mol. The number of benzene rings is 1. The van der Waals surface area contributed by atoms with E-state index in [0.717, 1.165) is 12.8 Å². The first-order chi connectivity index (χ1) is 11.6. The van der Waals surface area contributed by atoms with Gasteiger partial charge in [0.1, 0.15) is 11.3 Å². The first kappa shape index (κ1) is 18.0. The quantitative estimate of drug-likeness (QED) is 0.544. The van der Waals surface area contributed by atoms with Gasteiger partial charge in [0.25, 0.3) is 0 Å². The molecule has 5 nitrogen and oxygen atoms in total. The van der Waals surface area contributed by atoms with Crippen LogP contribution in [0.15, 0.2) is 33.5 Å². The largest absolute Gasteiger partial charge is 0.508 e. The molecule has 130 valence electrons. The van der Waals surface area contributed by atoms with Crippen molar-refractivity contribution in [3.8, 4) is 5.75 Å². The highest BCUT2D eigenvalue weighted by molar-refractivity contribution is 5.87. The molecule has 0 aliphatic heterocycles. The molecular formula is C19H25NO4. The number of aromatic hydroxyl groups is 1. The Balaban J connectivity index is 1.88. The summed E-state index contributed by atoms with van der Waals surface area (Å²) in [7, 11) is 0. The average Bonchev–Trinajstić information content (AvgIpc) is 2.53. The van der Waals surface area contributed by atoms with Gasteiger partial charge < -0.3 is 14.8 Å². The van der Waals surface area contributed by atoms with Crippen molar-refractivity contribution in [2.75, 3.05) is 6.54 Å². The van der Waals surface area contributed by atoms with Crippen LogP contribution < -0.4 is 10.9 Å². The molecule has 0 unspecified atom stereocenters. The highest BCUT2D eigenvalue weighted by Crippen LogP contribution is 2.22. The van der Waals surface area contributed by atoms with Gasteiger partial charge in [-0.3, -0.25) is 4.79 Å². The average molecular weight is 331 g/mol. The van der Waals surface area contributed by atoms with Crippen molar-refractivity contribution in [2.45, 2.75) is 51.9 Å². The summed E-state index contributed by atoms with van der Waals surface area (Å²) in [5, 5.41) is 13.0. The number of amides is 1. The number of fused-ring (bicyclic) bond motifs is 1. The fourth-order valence-electron chi connectivity index (χ4n) is 2.73. The van der Waals surface area contributed by atoms with Gasteiger partial charge in [-0.2, -0.15) is 0 Å². The fourth-order valence-corrected chi connectivity index (χ4v) is 2.73. The highest BCUT2D eigenvalue weighted by Gasteiger charge is 2.10. The van der Waals surface area contributed by atoms with Crippen LogP contribution in [0.1, 0.15) is 51.0 Å². The number of carbonyl (C=O) groups excluding carboxylic acids is 1. The summed E-state index contributed by atoms with van der Waals surface area (Å²) < 4.78 is 5.06. The predicted octanol–water partition coefficient (Wildman–Crippen LogP) is 3.52. The van der Waals surface area contributed by atoms with Crippen LogP contribution in [-0.2, 0) is 11.2 Å². The second-order valence-corrected chi connectivity index (χ2v) is 6.07. The molecule has 2 aromatic rings. The number of phenols is 1. The van der Waals surface area contributed by atoms with Gasteiger partial charge in [-0.15, -0.1) is 0 Å².